The van der Waals surface area contributed by atoms with Crippen molar-refractivity contribution in [2.45, 2.75) is 44.6 Å². The Bertz CT molecular complexity index is 756. The molecule has 7 heteroatoms. The van der Waals surface area contributed by atoms with E-state index in [-0.39, 0.29) is 11.9 Å². The predicted molar refractivity (Wildman–Crippen MR) is 94.6 cm³/mol. The summed E-state index contributed by atoms with van der Waals surface area (Å²) in [6.45, 7) is 1.72. The molecule has 7 nitrogen and oxygen atoms in total. The van der Waals surface area contributed by atoms with E-state index in [1.165, 1.54) is 6.42 Å². The highest BCUT2D eigenvalue weighted by atomic mass is 16.2. The fourth-order valence-corrected chi connectivity index (χ4v) is 3.98. The van der Waals surface area contributed by atoms with E-state index in [0.29, 0.717) is 0 Å². The fourth-order valence-electron chi connectivity index (χ4n) is 3.98. The topological polar surface area (TPSA) is 75.9 Å². The lowest BCUT2D eigenvalue weighted by molar-refractivity contribution is 0.0922. The Morgan fingerprint density at radius 1 is 1.24 bits per heavy atom. The number of hydrogen-bond donors (Lipinski definition) is 1. The van der Waals surface area contributed by atoms with Crippen LogP contribution >= 0.6 is 0 Å². The van der Waals surface area contributed by atoms with Crippen LogP contribution in [0.15, 0.2) is 18.6 Å². The summed E-state index contributed by atoms with van der Waals surface area (Å²) in [4.78, 5) is 23.6. The number of amides is 1. The number of hydrogen-bond acceptors (Lipinski definition) is 5. The molecule has 2 aliphatic rings. The molecule has 1 aliphatic heterocycles. The standard InChI is InChI=1S/C18H24N6O/c1-23-17(14-6-2-3-7-15(14)22-23)18(25)21-13-5-4-10-24(12-13)16-11-19-8-9-20-16/h8-9,11,13H,2-7,10,12H2,1H3,(H,21,25)/t13-/m0/s1. The largest absolute Gasteiger partial charge is 0.353 e. The third-order valence-electron chi connectivity index (χ3n) is 5.16. The highest BCUT2D eigenvalue weighted by molar-refractivity contribution is 5.94. The van der Waals surface area contributed by atoms with Crippen LogP contribution in [0.3, 0.4) is 0 Å². The van der Waals surface area contributed by atoms with Crippen molar-refractivity contribution in [2.75, 3.05) is 18.0 Å². The number of rotatable bonds is 3. The quantitative estimate of drug-likeness (QED) is 0.916. The molecule has 0 radical (unpaired) electrons. The minimum absolute atomic E-state index is 0.00384. The summed E-state index contributed by atoms with van der Waals surface area (Å²) >= 11 is 0. The Labute approximate surface area is 147 Å². The van der Waals surface area contributed by atoms with Gasteiger partial charge in [0.25, 0.3) is 5.91 Å². The molecule has 1 N–H and O–H groups in total. The number of carbonyl (C=O) groups excluding carboxylic acids is 1. The summed E-state index contributed by atoms with van der Waals surface area (Å²) in [5, 5.41) is 7.78. The van der Waals surface area contributed by atoms with Crippen molar-refractivity contribution in [1.29, 1.82) is 0 Å². The lowest BCUT2D eigenvalue weighted by Crippen LogP contribution is -2.48. The van der Waals surface area contributed by atoms with E-state index >= 15 is 0 Å². The van der Waals surface area contributed by atoms with Crippen molar-refractivity contribution in [1.82, 2.24) is 25.1 Å². The molecule has 2 aromatic rings. The zero-order valence-electron chi connectivity index (χ0n) is 14.6. The molecule has 1 fully saturated rings. The highest BCUT2D eigenvalue weighted by Gasteiger charge is 2.27. The molecule has 0 saturated carbocycles. The molecule has 4 rings (SSSR count). The van der Waals surface area contributed by atoms with Crippen LogP contribution in [0.1, 0.15) is 47.4 Å². The summed E-state index contributed by atoms with van der Waals surface area (Å²) in [5.74, 6) is 0.878. The minimum Gasteiger partial charge on any atom is -0.353 e. The fraction of sp³-hybridized carbons (Fsp3) is 0.556. The van der Waals surface area contributed by atoms with Gasteiger partial charge in [0.2, 0.25) is 0 Å². The second kappa shape index (κ2) is 6.82. The summed E-state index contributed by atoms with van der Waals surface area (Å²) in [7, 11) is 1.87. The van der Waals surface area contributed by atoms with Crippen molar-refractivity contribution in [2.24, 2.45) is 7.05 Å². The zero-order valence-corrected chi connectivity index (χ0v) is 14.6. The maximum absolute atomic E-state index is 12.9. The normalized spacial score (nSPS) is 20.2. The van der Waals surface area contributed by atoms with Crippen LogP contribution < -0.4 is 10.2 Å². The number of piperidine rings is 1. The smallest absolute Gasteiger partial charge is 0.270 e. The Morgan fingerprint density at radius 2 is 2.12 bits per heavy atom. The van der Waals surface area contributed by atoms with Gasteiger partial charge in [0.05, 0.1) is 11.9 Å². The number of nitrogens with zero attached hydrogens (tertiary/aromatic N) is 5. The Morgan fingerprint density at radius 3 is 2.96 bits per heavy atom. The Balaban J connectivity index is 1.47. The number of aromatic nitrogens is 4. The summed E-state index contributed by atoms with van der Waals surface area (Å²) in [6, 6.07) is 0.123. The Hall–Kier alpha value is -2.44. The number of carbonyl (C=O) groups is 1. The SMILES string of the molecule is Cn1nc2c(c1C(=O)N[C@H]1CCCN(c3cnccn3)C1)CCCC2. The third-order valence-corrected chi connectivity index (χ3v) is 5.16. The van der Waals surface area contributed by atoms with E-state index in [1.54, 1.807) is 23.3 Å². The van der Waals surface area contributed by atoms with Crippen LogP contribution in [-0.2, 0) is 19.9 Å². The van der Waals surface area contributed by atoms with E-state index in [9.17, 15) is 4.79 Å². The van der Waals surface area contributed by atoms with Gasteiger partial charge in [-0.1, -0.05) is 0 Å². The van der Waals surface area contributed by atoms with Crippen LogP contribution in [0.4, 0.5) is 5.82 Å². The molecular formula is C18H24N6O. The summed E-state index contributed by atoms with van der Waals surface area (Å²) < 4.78 is 1.76. The molecule has 1 saturated heterocycles. The average Bonchev–Trinajstić information content (AvgIpc) is 2.98. The van der Waals surface area contributed by atoms with E-state index in [1.807, 2.05) is 7.05 Å². The van der Waals surface area contributed by atoms with E-state index in [2.05, 4.69) is 25.3 Å². The number of aryl methyl sites for hydroxylation is 2. The van der Waals surface area contributed by atoms with Crippen molar-refractivity contribution >= 4 is 11.7 Å². The molecule has 0 spiro atoms. The molecule has 1 atom stereocenters. The molecule has 3 heterocycles. The van der Waals surface area contributed by atoms with E-state index < -0.39 is 0 Å². The Kier molecular flexibility index (Phi) is 4.38. The second-order valence-electron chi connectivity index (χ2n) is 6.93. The molecule has 132 valence electrons. The number of nitrogens with one attached hydrogen (secondary N) is 1. The van der Waals surface area contributed by atoms with Crippen molar-refractivity contribution in [3.63, 3.8) is 0 Å². The number of anilines is 1. The van der Waals surface area contributed by atoms with E-state index in [4.69, 9.17) is 0 Å². The van der Waals surface area contributed by atoms with Crippen molar-refractivity contribution < 1.29 is 4.79 Å². The minimum atomic E-state index is 0.00384. The third kappa shape index (κ3) is 3.23. The van der Waals surface area contributed by atoms with Gasteiger partial charge in [-0.15, -0.1) is 0 Å². The first kappa shape index (κ1) is 16.1. The second-order valence-corrected chi connectivity index (χ2v) is 6.93. The maximum atomic E-state index is 12.9. The van der Waals surface area contributed by atoms with Gasteiger partial charge in [-0.25, -0.2) is 4.98 Å². The van der Waals surface area contributed by atoms with Gasteiger partial charge >= 0.3 is 0 Å². The van der Waals surface area contributed by atoms with Crippen molar-refractivity contribution in [3.05, 3.63) is 35.5 Å². The maximum Gasteiger partial charge on any atom is 0.270 e. The van der Waals surface area contributed by atoms with Gasteiger partial charge in [-0.2, -0.15) is 5.10 Å². The molecule has 0 bridgehead atoms. The van der Waals surface area contributed by atoms with Gasteiger partial charge < -0.3 is 10.2 Å². The average molecular weight is 340 g/mol. The molecule has 0 aromatic carbocycles. The van der Waals surface area contributed by atoms with Crippen LogP contribution in [0.2, 0.25) is 0 Å². The lowest BCUT2D eigenvalue weighted by atomic mass is 9.95. The molecule has 0 unspecified atom stereocenters. The van der Waals surface area contributed by atoms with E-state index in [0.717, 1.165) is 68.0 Å². The van der Waals surface area contributed by atoms with Crippen LogP contribution in [0.5, 0.6) is 0 Å². The zero-order chi connectivity index (χ0) is 17.2. The van der Waals surface area contributed by atoms with Gasteiger partial charge in [0.15, 0.2) is 0 Å². The first-order chi connectivity index (χ1) is 12.2. The molecule has 1 amide bonds. The van der Waals surface area contributed by atoms with Crippen LogP contribution in [0.25, 0.3) is 0 Å². The molecular weight excluding hydrogens is 316 g/mol. The van der Waals surface area contributed by atoms with Gasteiger partial charge in [-0.05, 0) is 38.5 Å². The van der Waals surface area contributed by atoms with Crippen LogP contribution in [-0.4, -0.2) is 44.8 Å². The summed E-state index contributed by atoms with van der Waals surface area (Å²) in [5.41, 5.74) is 2.99. The van der Waals surface area contributed by atoms with Crippen LogP contribution in [0, 0.1) is 0 Å². The first-order valence-electron chi connectivity index (χ1n) is 9.09. The summed E-state index contributed by atoms with van der Waals surface area (Å²) in [6.07, 6.45) is 11.4. The van der Waals surface area contributed by atoms with Gasteiger partial charge in [0.1, 0.15) is 11.5 Å². The monoisotopic (exact) mass is 340 g/mol. The lowest BCUT2D eigenvalue weighted by Gasteiger charge is -2.33. The highest BCUT2D eigenvalue weighted by Crippen LogP contribution is 2.24. The predicted octanol–water partition coefficient (Wildman–Crippen LogP) is 1.49. The molecule has 25 heavy (non-hydrogen) atoms. The number of fused-ring (bicyclic) bond motifs is 1. The molecule has 2 aromatic heterocycles. The first-order valence-corrected chi connectivity index (χ1v) is 9.09. The van der Waals surface area contributed by atoms with Crippen molar-refractivity contribution in [3.8, 4) is 0 Å². The molecule has 1 aliphatic carbocycles. The van der Waals surface area contributed by atoms with Gasteiger partial charge in [-0.3, -0.25) is 14.5 Å². The van der Waals surface area contributed by atoms with Gasteiger partial charge in [0, 0.05) is 44.1 Å².